The topological polar surface area (TPSA) is 116 Å². The summed E-state index contributed by atoms with van der Waals surface area (Å²) in [6, 6.07) is 7.96. The number of carbonyl (C=O) groups is 2. The predicted molar refractivity (Wildman–Crippen MR) is 129 cm³/mol. The summed E-state index contributed by atoms with van der Waals surface area (Å²) in [6.07, 6.45) is 9.02. The molecule has 2 fully saturated rings. The number of para-hydroxylation sites is 1. The van der Waals surface area contributed by atoms with Gasteiger partial charge in [0.05, 0.1) is 5.41 Å². The largest absolute Gasteiger partial charge is 0.355 e. The molecule has 3 aromatic rings. The van der Waals surface area contributed by atoms with Gasteiger partial charge >= 0.3 is 0 Å². The van der Waals surface area contributed by atoms with Crippen molar-refractivity contribution >= 4 is 34.5 Å². The summed E-state index contributed by atoms with van der Waals surface area (Å²) in [5.41, 5.74) is 2.67. The molecule has 2 aromatic heterocycles. The summed E-state index contributed by atoms with van der Waals surface area (Å²) in [4.78, 5) is 44.2. The molecular formula is C25H29N7O2. The molecule has 3 aliphatic rings. The van der Waals surface area contributed by atoms with E-state index in [1.807, 2.05) is 18.2 Å². The van der Waals surface area contributed by atoms with Crippen LogP contribution in [0.3, 0.4) is 0 Å². The van der Waals surface area contributed by atoms with E-state index in [9.17, 15) is 9.59 Å². The number of amides is 2. The van der Waals surface area contributed by atoms with E-state index in [0.29, 0.717) is 49.6 Å². The van der Waals surface area contributed by atoms with Crippen LogP contribution < -0.4 is 15.5 Å². The van der Waals surface area contributed by atoms with Crippen LogP contribution in [-0.2, 0) is 10.2 Å². The highest BCUT2D eigenvalue weighted by atomic mass is 16.2. The fourth-order valence-electron chi connectivity index (χ4n) is 5.85. The fraction of sp³-hybridized carbons (Fsp3) is 0.480. The summed E-state index contributed by atoms with van der Waals surface area (Å²) >= 11 is 0. The van der Waals surface area contributed by atoms with Crippen LogP contribution in [-0.4, -0.2) is 51.4 Å². The zero-order valence-corrected chi connectivity index (χ0v) is 19.1. The molecular weight excluding hydrogens is 430 g/mol. The van der Waals surface area contributed by atoms with E-state index < -0.39 is 5.41 Å². The molecule has 9 heteroatoms. The Morgan fingerprint density at radius 1 is 1.12 bits per heavy atom. The lowest BCUT2D eigenvalue weighted by Gasteiger charge is -2.38. The Balaban J connectivity index is 1.19. The van der Waals surface area contributed by atoms with Gasteiger partial charge in [-0.15, -0.1) is 0 Å². The number of hydrogen-bond acceptors (Lipinski definition) is 6. The zero-order chi connectivity index (χ0) is 23.1. The summed E-state index contributed by atoms with van der Waals surface area (Å²) in [6.45, 7) is 2.04. The molecule has 1 saturated carbocycles. The molecule has 0 unspecified atom stereocenters. The van der Waals surface area contributed by atoms with Crippen molar-refractivity contribution in [2.24, 2.45) is 5.92 Å². The van der Waals surface area contributed by atoms with Gasteiger partial charge in [-0.2, -0.15) is 0 Å². The molecule has 3 N–H and O–H groups in total. The molecule has 34 heavy (non-hydrogen) atoms. The van der Waals surface area contributed by atoms with Crippen LogP contribution in [0, 0.1) is 5.92 Å². The van der Waals surface area contributed by atoms with E-state index in [1.54, 1.807) is 0 Å². The number of H-pyrrole nitrogens is 1. The highest BCUT2D eigenvalue weighted by molar-refractivity contribution is 6.06. The molecule has 0 bridgehead atoms. The van der Waals surface area contributed by atoms with Crippen LogP contribution in [0.2, 0.25) is 0 Å². The predicted octanol–water partition coefficient (Wildman–Crippen LogP) is 3.15. The van der Waals surface area contributed by atoms with Crippen molar-refractivity contribution in [2.45, 2.75) is 50.4 Å². The van der Waals surface area contributed by atoms with Crippen molar-refractivity contribution in [1.82, 2.24) is 25.3 Å². The third-order valence-corrected chi connectivity index (χ3v) is 7.80. The summed E-state index contributed by atoms with van der Waals surface area (Å²) in [5, 5.41) is 6.09. The number of hydrogen-bond donors (Lipinski definition) is 3. The zero-order valence-electron chi connectivity index (χ0n) is 19.1. The van der Waals surface area contributed by atoms with Crippen molar-refractivity contribution in [1.29, 1.82) is 0 Å². The van der Waals surface area contributed by atoms with Gasteiger partial charge in [0.2, 0.25) is 5.91 Å². The second-order valence-electron chi connectivity index (χ2n) is 9.76. The van der Waals surface area contributed by atoms with Gasteiger partial charge in [-0.25, -0.2) is 15.0 Å². The first-order valence-corrected chi connectivity index (χ1v) is 12.3. The molecule has 2 amide bonds. The number of fused-ring (bicyclic) bond motifs is 3. The monoisotopic (exact) mass is 459 g/mol. The van der Waals surface area contributed by atoms with Gasteiger partial charge in [0.1, 0.15) is 11.8 Å². The Morgan fingerprint density at radius 2 is 1.91 bits per heavy atom. The molecule has 1 spiro atoms. The minimum absolute atomic E-state index is 0.0830. The van der Waals surface area contributed by atoms with Gasteiger partial charge in [-0.1, -0.05) is 37.5 Å². The number of aromatic amines is 1. The fourth-order valence-corrected chi connectivity index (χ4v) is 5.85. The maximum atomic E-state index is 12.9. The number of anilines is 2. The molecule has 9 nitrogen and oxygen atoms in total. The molecule has 1 aromatic carbocycles. The van der Waals surface area contributed by atoms with Crippen LogP contribution in [0.4, 0.5) is 11.5 Å². The van der Waals surface area contributed by atoms with E-state index in [2.05, 4.69) is 41.5 Å². The van der Waals surface area contributed by atoms with E-state index in [-0.39, 0.29) is 17.6 Å². The number of rotatable bonds is 4. The highest BCUT2D eigenvalue weighted by Gasteiger charge is 2.48. The number of carbonyl (C=O) groups excluding carboxylic acids is 2. The molecule has 6 rings (SSSR count). The SMILES string of the molecule is O=C(NCC1CCCCC1)c1nc2ncnc(N3CCC4(CC3)C(=O)Nc3ccccc34)c2[nH]1. The van der Waals surface area contributed by atoms with Gasteiger partial charge in [0.15, 0.2) is 17.3 Å². The van der Waals surface area contributed by atoms with Crippen molar-refractivity contribution in [2.75, 3.05) is 29.9 Å². The van der Waals surface area contributed by atoms with Crippen molar-refractivity contribution < 1.29 is 9.59 Å². The van der Waals surface area contributed by atoms with Crippen LogP contribution >= 0.6 is 0 Å². The van der Waals surface area contributed by atoms with Crippen molar-refractivity contribution in [3.05, 3.63) is 42.0 Å². The minimum Gasteiger partial charge on any atom is -0.355 e. The highest BCUT2D eigenvalue weighted by Crippen LogP contribution is 2.45. The summed E-state index contributed by atoms with van der Waals surface area (Å²) < 4.78 is 0. The quantitative estimate of drug-likeness (QED) is 0.552. The summed E-state index contributed by atoms with van der Waals surface area (Å²) in [7, 11) is 0. The Morgan fingerprint density at radius 3 is 2.74 bits per heavy atom. The number of imidazole rings is 1. The van der Waals surface area contributed by atoms with Gasteiger partial charge in [0.25, 0.3) is 5.91 Å². The second kappa shape index (κ2) is 8.38. The molecule has 2 aliphatic heterocycles. The van der Waals surface area contributed by atoms with Crippen molar-refractivity contribution in [3.8, 4) is 0 Å². The molecule has 1 saturated heterocycles. The maximum absolute atomic E-state index is 12.9. The van der Waals surface area contributed by atoms with Crippen LogP contribution in [0.1, 0.15) is 61.1 Å². The normalized spacial score (nSPS) is 19.9. The van der Waals surface area contributed by atoms with E-state index in [0.717, 1.165) is 17.1 Å². The van der Waals surface area contributed by atoms with Crippen LogP contribution in [0.25, 0.3) is 11.2 Å². The average Bonchev–Trinajstić information content (AvgIpc) is 3.43. The van der Waals surface area contributed by atoms with Crippen molar-refractivity contribution in [3.63, 3.8) is 0 Å². The minimum atomic E-state index is -0.489. The first-order chi connectivity index (χ1) is 16.6. The Labute approximate surface area is 197 Å². The molecule has 4 heterocycles. The summed E-state index contributed by atoms with van der Waals surface area (Å²) in [5.74, 6) is 1.43. The number of piperidine rings is 1. The second-order valence-corrected chi connectivity index (χ2v) is 9.76. The number of nitrogens with zero attached hydrogens (tertiary/aromatic N) is 4. The number of nitrogens with one attached hydrogen (secondary N) is 3. The molecule has 0 atom stereocenters. The third-order valence-electron chi connectivity index (χ3n) is 7.80. The lowest BCUT2D eigenvalue weighted by Crippen LogP contribution is -2.46. The average molecular weight is 460 g/mol. The smallest absolute Gasteiger partial charge is 0.287 e. The molecule has 1 aliphatic carbocycles. The molecule has 176 valence electrons. The number of benzene rings is 1. The first-order valence-electron chi connectivity index (χ1n) is 12.3. The Kier molecular flexibility index (Phi) is 5.19. The number of aromatic nitrogens is 4. The van der Waals surface area contributed by atoms with Gasteiger partial charge < -0.3 is 20.5 Å². The lowest BCUT2D eigenvalue weighted by molar-refractivity contribution is -0.121. The Hall–Kier alpha value is -3.49. The van der Waals surface area contributed by atoms with E-state index in [1.165, 1.54) is 38.4 Å². The lowest BCUT2D eigenvalue weighted by atomic mass is 9.73. The molecule has 0 radical (unpaired) electrons. The van der Waals surface area contributed by atoms with E-state index in [4.69, 9.17) is 0 Å². The van der Waals surface area contributed by atoms with Gasteiger partial charge in [0, 0.05) is 25.3 Å². The van der Waals surface area contributed by atoms with Gasteiger partial charge in [-0.05, 0) is 43.2 Å². The van der Waals surface area contributed by atoms with E-state index >= 15 is 0 Å². The standard InChI is InChI=1S/C25H29N7O2/c33-23(26-14-16-6-2-1-3-7-16)21-30-19-20(31-21)27-15-28-22(19)32-12-10-25(11-13-32)17-8-4-5-9-18(17)29-24(25)34/h4-5,8-9,15-16H,1-3,6-7,10-14H2,(H,26,33)(H,29,34)(H,27,28,30,31). The third kappa shape index (κ3) is 3.50. The van der Waals surface area contributed by atoms with Gasteiger partial charge in [-0.3, -0.25) is 9.59 Å². The van der Waals surface area contributed by atoms with Crippen LogP contribution in [0.5, 0.6) is 0 Å². The first kappa shape index (κ1) is 21.1. The van der Waals surface area contributed by atoms with Crippen LogP contribution in [0.15, 0.2) is 30.6 Å². The Bertz CT molecular complexity index is 1240. The maximum Gasteiger partial charge on any atom is 0.287 e.